The van der Waals surface area contributed by atoms with Crippen LogP contribution in [0.4, 0.5) is 4.39 Å². The zero-order valence-electron chi connectivity index (χ0n) is 10.2. The highest BCUT2D eigenvalue weighted by atomic mass is 127. The highest BCUT2D eigenvalue weighted by Crippen LogP contribution is 2.23. The van der Waals surface area contributed by atoms with Gasteiger partial charge < -0.3 is 5.32 Å². The van der Waals surface area contributed by atoms with Gasteiger partial charge in [-0.05, 0) is 47.3 Å². The molecular formula is C12H14FIN4. The van der Waals surface area contributed by atoms with Crippen molar-refractivity contribution in [1.82, 2.24) is 20.3 Å². The first-order chi connectivity index (χ1) is 8.60. The molecule has 0 spiro atoms. The molecule has 96 valence electrons. The molecule has 0 aliphatic rings. The molecule has 18 heavy (non-hydrogen) atoms. The average Bonchev–Trinajstić information content (AvgIpc) is 2.72. The Balaban J connectivity index is 2.22. The molecule has 0 bridgehead atoms. The maximum atomic E-state index is 13.1. The van der Waals surface area contributed by atoms with Gasteiger partial charge >= 0.3 is 0 Å². The fourth-order valence-electron chi connectivity index (χ4n) is 1.85. The number of hydrogen-bond acceptors (Lipinski definition) is 3. The Kier molecular flexibility index (Phi) is 4.28. The van der Waals surface area contributed by atoms with Crippen LogP contribution in [0.25, 0.3) is 0 Å². The molecule has 6 heteroatoms. The smallest absolute Gasteiger partial charge is 0.124 e. The molecule has 4 nitrogen and oxygen atoms in total. The zero-order valence-corrected chi connectivity index (χ0v) is 12.3. The zero-order chi connectivity index (χ0) is 13.1. The van der Waals surface area contributed by atoms with Crippen LogP contribution in [0, 0.1) is 9.39 Å². The van der Waals surface area contributed by atoms with E-state index < -0.39 is 0 Å². The minimum atomic E-state index is -0.211. The van der Waals surface area contributed by atoms with Crippen molar-refractivity contribution in [2.24, 2.45) is 7.05 Å². The van der Waals surface area contributed by atoms with Crippen LogP contribution in [-0.2, 0) is 13.5 Å². The average molecular weight is 360 g/mol. The summed E-state index contributed by atoms with van der Waals surface area (Å²) in [6.07, 6.45) is 2.62. The topological polar surface area (TPSA) is 42.7 Å². The van der Waals surface area contributed by atoms with E-state index in [1.165, 1.54) is 12.1 Å². The minimum Gasteiger partial charge on any atom is -0.313 e. The van der Waals surface area contributed by atoms with Crippen molar-refractivity contribution in [2.45, 2.75) is 12.5 Å². The van der Waals surface area contributed by atoms with Crippen molar-refractivity contribution in [3.63, 3.8) is 0 Å². The van der Waals surface area contributed by atoms with Gasteiger partial charge in [-0.3, -0.25) is 4.68 Å². The van der Waals surface area contributed by atoms with Crippen LogP contribution in [0.1, 0.15) is 17.3 Å². The second-order valence-corrected chi connectivity index (χ2v) is 5.26. The molecule has 1 aromatic heterocycles. The van der Waals surface area contributed by atoms with E-state index in [9.17, 15) is 4.39 Å². The first-order valence-corrected chi connectivity index (χ1v) is 6.65. The lowest BCUT2D eigenvalue weighted by atomic mass is 10.0. The van der Waals surface area contributed by atoms with Gasteiger partial charge in [0, 0.05) is 29.3 Å². The fourth-order valence-corrected chi connectivity index (χ4v) is 2.70. The Morgan fingerprint density at radius 1 is 1.50 bits per heavy atom. The van der Waals surface area contributed by atoms with E-state index in [2.05, 4.69) is 38.2 Å². The van der Waals surface area contributed by atoms with Gasteiger partial charge in [-0.15, -0.1) is 5.10 Å². The Hall–Kier alpha value is -1.02. The van der Waals surface area contributed by atoms with Crippen molar-refractivity contribution in [3.05, 3.63) is 45.0 Å². The number of aromatic nitrogens is 3. The third kappa shape index (κ3) is 3.05. The third-order valence-corrected chi connectivity index (χ3v) is 3.68. The molecule has 1 aromatic carbocycles. The van der Waals surface area contributed by atoms with Crippen molar-refractivity contribution >= 4 is 22.6 Å². The van der Waals surface area contributed by atoms with Crippen LogP contribution in [0.2, 0.25) is 0 Å². The molecule has 0 radical (unpaired) electrons. The monoisotopic (exact) mass is 360 g/mol. The van der Waals surface area contributed by atoms with Gasteiger partial charge in [-0.25, -0.2) is 4.39 Å². The summed E-state index contributed by atoms with van der Waals surface area (Å²) in [7, 11) is 3.73. The van der Waals surface area contributed by atoms with Crippen LogP contribution in [0.3, 0.4) is 0 Å². The molecule has 2 aromatic rings. The molecule has 0 amide bonds. The van der Waals surface area contributed by atoms with E-state index in [0.717, 1.165) is 21.2 Å². The molecular weight excluding hydrogens is 346 g/mol. The minimum absolute atomic E-state index is 0.106. The van der Waals surface area contributed by atoms with Crippen LogP contribution in [-0.4, -0.2) is 22.0 Å². The molecule has 0 aliphatic carbocycles. The summed E-state index contributed by atoms with van der Waals surface area (Å²) in [5, 5.41) is 11.2. The second kappa shape index (κ2) is 5.75. The normalized spacial score (nSPS) is 12.7. The maximum absolute atomic E-state index is 13.1. The predicted octanol–water partition coefficient (Wildman–Crippen LogP) is 2.06. The van der Waals surface area contributed by atoms with E-state index in [1.807, 2.05) is 26.4 Å². The molecule has 0 saturated heterocycles. The van der Waals surface area contributed by atoms with Crippen LogP contribution >= 0.6 is 22.6 Å². The number of likely N-dealkylation sites (N-methyl/N-ethyl adjacent to an activating group) is 1. The third-order valence-electron chi connectivity index (χ3n) is 2.75. The fraction of sp³-hybridized carbons (Fsp3) is 0.333. The van der Waals surface area contributed by atoms with Crippen molar-refractivity contribution in [2.75, 3.05) is 7.05 Å². The quantitative estimate of drug-likeness (QED) is 0.849. The number of aryl methyl sites for hydroxylation is 1. The van der Waals surface area contributed by atoms with Crippen molar-refractivity contribution < 1.29 is 4.39 Å². The van der Waals surface area contributed by atoms with Crippen LogP contribution in [0.5, 0.6) is 0 Å². The SMILES string of the molecule is CNC(Cc1cn(C)nn1)c1ccc(F)cc1I. The lowest BCUT2D eigenvalue weighted by Gasteiger charge is -2.16. The highest BCUT2D eigenvalue weighted by Gasteiger charge is 2.15. The van der Waals surface area contributed by atoms with Crippen LogP contribution in [0.15, 0.2) is 24.4 Å². The molecule has 0 saturated carbocycles. The van der Waals surface area contributed by atoms with Crippen molar-refractivity contribution in [3.8, 4) is 0 Å². The van der Waals surface area contributed by atoms with Gasteiger partial charge in [-0.1, -0.05) is 11.3 Å². The Labute approximate surface area is 119 Å². The summed E-state index contributed by atoms with van der Waals surface area (Å²) in [4.78, 5) is 0. The van der Waals surface area contributed by atoms with Gasteiger partial charge in [0.1, 0.15) is 5.82 Å². The number of hydrogen-bond donors (Lipinski definition) is 1. The Morgan fingerprint density at radius 2 is 2.28 bits per heavy atom. The number of nitrogens with one attached hydrogen (secondary N) is 1. The standard InChI is InChI=1S/C12H14FIN4/c1-15-12(6-9-7-18(2)17-16-9)10-4-3-8(13)5-11(10)14/h3-5,7,12,15H,6H2,1-2H3. The summed E-state index contributed by atoms with van der Waals surface area (Å²) in [5.74, 6) is -0.211. The molecule has 2 rings (SSSR count). The van der Waals surface area contributed by atoms with Gasteiger partial charge in [0.05, 0.1) is 5.69 Å². The summed E-state index contributed by atoms with van der Waals surface area (Å²) in [6.45, 7) is 0. The lowest BCUT2D eigenvalue weighted by Crippen LogP contribution is -2.20. The maximum Gasteiger partial charge on any atom is 0.124 e. The Bertz CT molecular complexity index is 541. The highest BCUT2D eigenvalue weighted by molar-refractivity contribution is 14.1. The largest absolute Gasteiger partial charge is 0.313 e. The summed E-state index contributed by atoms with van der Waals surface area (Å²) in [6, 6.07) is 4.94. The second-order valence-electron chi connectivity index (χ2n) is 4.09. The van der Waals surface area contributed by atoms with E-state index in [1.54, 1.807) is 4.68 Å². The number of rotatable bonds is 4. The molecule has 1 N–H and O–H groups in total. The first kappa shape index (κ1) is 13.4. The van der Waals surface area contributed by atoms with Gasteiger partial charge in [0.2, 0.25) is 0 Å². The predicted molar refractivity (Wildman–Crippen MR) is 75.6 cm³/mol. The van der Waals surface area contributed by atoms with E-state index in [4.69, 9.17) is 0 Å². The first-order valence-electron chi connectivity index (χ1n) is 5.57. The summed E-state index contributed by atoms with van der Waals surface area (Å²) in [5.41, 5.74) is 1.99. The molecule has 0 fully saturated rings. The van der Waals surface area contributed by atoms with Gasteiger partial charge in [0.15, 0.2) is 0 Å². The number of benzene rings is 1. The molecule has 1 heterocycles. The van der Waals surface area contributed by atoms with E-state index >= 15 is 0 Å². The van der Waals surface area contributed by atoms with Gasteiger partial charge in [0.25, 0.3) is 0 Å². The van der Waals surface area contributed by atoms with Crippen molar-refractivity contribution in [1.29, 1.82) is 0 Å². The van der Waals surface area contributed by atoms with Gasteiger partial charge in [-0.2, -0.15) is 0 Å². The van der Waals surface area contributed by atoms with E-state index in [0.29, 0.717) is 0 Å². The Morgan fingerprint density at radius 3 is 2.83 bits per heavy atom. The van der Waals surface area contributed by atoms with E-state index in [-0.39, 0.29) is 11.9 Å². The lowest BCUT2D eigenvalue weighted by molar-refractivity contribution is 0.575. The molecule has 1 unspecified atom stereocenters. The molecule has 0 aliphatic heterocycles. The number of nitrogens with zero attached hydrogens (tertiary/aromatic N) is 3. The van der Waals surface area contributed by atoms with Crippen LogP contribution < -0.4 is 5.32 Å². The summed E-state index contributed by atoms with van der Waals surface area (Å²) >= 11 is 2.15. The number of halogens is 2. The molecule has 1 atom stereocenters. The summed E-state index contributed by atoms with van der Waals surface area (Å²) < 4.78 is 15.7.